The fraction of sp³-hybridized carbons (Fsp3) is 0.308. The van der Waals surface area contributed by atoms with Gasteiger partial charge in [0.25, 0.3) is 0 Å². The highest BCUT2D eigenvalue weighted by atomic mass is 19.4. The average molecular weight is 548 g/mol. The van der Waals surface area contributed by atoms with Crippen LogP contribution in [0.15, 0.2) is 72.8 Å². The van der Waals surface area contributed by atoms with Crippen molar-refractivity contribution in [3.8, 4) is 0 Å². The number of fused-ring (bicyclic) bond motifs is 1. The van der Waals surface area contributed by atoms with Crippen LogP contribution < -0.4 is 9.80 Å². The minimum absolute atomic E-state index is 0.0396. The Balaban J connectivity index is 1.79. The van der Waals surface area contributed by atoms with Crippen molar-refractivity contribution < 1.29 is 44.6 Å². The zero-order valence-corrected chi connectivity index (χ0v) is 19.4. The summed E-state index contributed by atoms with van der Waals surface area (Å²) in [6.07, 6.45) is -17.1. The first kappa shape index (κ1) is 27.6. The molecular weight excluding hydrogens is 527 g/mol. The molecule has 38 heavy (non-hydrogen) atoms. The zero-order valence-electron chi connectivity index (χ0n) is 19.4. The summed E-state index contributed by atoms with van der Waals surface area (Å²) < 4.78 is 120. The van der Waals surface area contributed by atoms with E-state index in [2.05, 4.69) is 0 Å². The van der Waals surface area contributed by atoms with Crippen LogP contribution in [-0.4, -0.2) is 30.5 Å². The van der Waals surface area contributed by atoms with Crippen LogP contribution in [-0.2, 0) is 18.9 Å². The summed E-state index contributed by atoms with van der Waals surface area (Å²) in [7, 11) is 0. The number of aliphatic hydroxyl groups excluding tert-OH is 1. The van der Waals surface area contributed by atoms with Gasteiger partial charge in [0.2, 0.25) is 0 Å². The number of nitrogens with zero attached hydrogens (tertiary/aromatic N) is 2. The van der Waals surface area contributed by atoms with Crippen molar-refractivity contribution in [2.45, 2.75) is 37.2 Å². The van der Waals surface area contributed by atoms with Crippen LogP contribution in [0, 0.1) is 0 Å². The van der Waals surface area contributed by atoms with E-state index >= 15 is 0 Å². The van der Waals surface area contributed by atoms with E-state index in [0.717, 1.165) is 30.3 Å². The molecule has 3 aromatic rings. The van der Waals surface area contributed by atoms with Gasteiger partial charge in [0.1, 0.15) is 0 Å². The van der Waals surface area contributed by atoms with Crippen LogP contribution in [0.1, 0.15) is 28.3 Å². The van der Waals surface area contributed by atoms with Gasteiger partial charge in [-0.2, -0.15) is 39.5 Å². The maximum absolute atomic E-state index is 13.4. The molecule has 1 heterocycles. The van der Waals surface area contributed by atoms with Crippen LogP contribution in [0.25, 0.3) is 0 Å². The number of benzene rings is 3. The molecule has 1 aliphatic rings. The number of rotatable bonds is 5. The Morgan fingerprint density at radius 1 is 0.737 bits per heavy atom. The summed E-state index contributed by atoms with van der Waals surface area (Å²) in [6.45, 7) is -1.20. The summed E-state index contributed by atoms with van der Waals surface area (Å²) in [6, 6.07) is 13.7. The highest BCUT2D eigenvalue weighted by Crippen LogP contribution is 2.43. The molecular formula is C26H21F9N2O. The van der Waals surface area contributed by atoms with E-state index < -0.39 is 48.3 Å². The highest BCUT2D eigenvalue weighted by Gasteiger charge is 2.43. The van der Waals surface area contributed by atoms with E-state index in [-0.39, 0.29) is 29.9 Å². The van der Waals surface area contributed by atoms with Crippen LogP contribution in [0.4, 0.5) is 50.9 Å². The monoisotopic (exact) mass is 548 g/mol. The molecule has 0 amide bonds. The number of para-hydroxylation sites is 2. The molecule has 3 aromatic carbocycles. The number of β-amino-alcohol motifs (C(OH)–C–C–N with tert-alkyl or cyclic N) is 1. The third-order valence-electron chi connectivity index (χ3n) is 6.28. The second-order valence-electron chi connectivity index (χ2n) is 8.92. The summed E-state index contributed by atoms with van der Waals surface area (Å²) in [5, 5.41) is 9.85. The molecule has 2 atom stereocenters. The van der Waals surface area contributed by atoms with Gasteiger partial charge in [-0.05, 0) is 47.5 Å². The molecule has 0 spiro atoms. The second kappa shape index (κ2) is 10.0. The van der Waals surface area contributed by atoms with Crippen molar-refractivity contribution in [3.05, 3.63) is 95.1 Å². The van der Waals surface area contributed by atoms with Crippen molar-refractivity contribution in [3.63, 3.8) is 0 Å². The van der Waals surface area contributed by atoms with E-state index in [9.17, 15) is 44.6 Å². The molecule has 204 valence electrons. The molecule has 0 saturated heterocycles. The maximum Gasteiger partial charge on any atom is 0.416 e. The van der Waals surface area contributed by atoms with Crippen molar-refractivity contribution in [1.29, 1.82) is 0 Å². The average Bonchev–Trinajstić information content (AvgIpc) is 2.84. The molecule has 0 aliphatic carbocycles. The third-order valence-corrected chi connectivity index (χ3v) is 6.28. The van der Waals surface area contributed by atoms with Crippen LogP contribution >= 0.6 is 0 Å². The van der Waals surface area contributed by atoms with Gasteiger partial charge in [0, 0.05) is 13.1 Å². The molecule has 12 heteroatoms. The smallest absolute Gasteiger partial charge is 0.382 e. The van der Waals surface area contributed by atoms with Crippen LogP contribution in [0.5, 0.6) is 0 Å². The molecule has 1 N–H and O–H groups in total. The normalized spacial score (nSPS) is 17.4. The third kappa shape index (κ3) is 6.01. The van der Waals surface area contributed by atoms with Gasteiger partial charge in [0.05, 0.1) is 35.1 Å². The molecule has 1 aliphatic heterocycles. The van der Waals surface area contributed by atoms with Crippen LogP contribution in [0.2, 0.25) is 0 Å². The first-order valence-corrected chi connectivity index (χ1v) is 11.3. The van der Waals surface area contributed by atoms with Crippen molar-refractivity contribution in [2.75, 3.05) is 22.9 Å². The summed E-state index contributed by atoms with van der Waals surface area (Å²) in [4.78, 5) is 2.79. The fourth-order valence-electron chi connectivity index (χ4n) is 4.49. The van der Waals surface area contributed by atoms with Crippen molar-refractivity contribution >= 4 is 11.4 Å². The lowest BCUT2D eigenvalue weighted by molar-refractivity contribution is -0.200. The first-order valence-electron chi connectivity index (χ1n) is 11.3. The van der Waals surface area contributed by atoms with Gasteiger partial charge < -0.3 is 14.9 Å². The molecule has 0 saturated carbocycles. The number of anilines is 2. The Kier molecular flexibility index (Phi) is 7.30. The Hall–Kier alpha value is -3.41. The summed E-state index contributed by atoms with van der Waals surface area (Å²) >= 11 is 0. The predicted octanol–water partition coefficient (Wildman–Crippen LogP) is 7.22. The lowest BCUT2D eigenvalue weighted by Gasteiger charge is -2.46. The van der Waals surface area contributed by atoms with E-state index in [1.165, 1.54) is 35.2 Å². The standard InChI is InChI=1S/C26H21F9N2O/c27-24(28,29)18-7-3-5-16(11-18)13-36-14-22(17-6-4-8-19(12-17)25(30,31)32)37(15-23(38)26(33,34)35)21-10-2-1-9-20(21)36/h1-12,22-23,38H,13-15H2/t22?,23-/m1/s1. The second-order valence-corrected chi connectivity index (χ2v) is 8.92. The molecule has 0 fully saturated rings. The van der Waals surface area contributed by atoms with Gasteiger partial charge in [-0.25, -0.2) is 0 Å². The maximum atomic E-state index is 13.4. The lowest BCUT2D eigenvalue weighted by Crippen LogP contribution is -2.49. The molecule has 1 unspecified atom stereocenters. The minimum Gasteiger partial charge on any atom is -0.382 e. The quantitative estimate of drug-likeness (QED) is 0.341. The summed E-state index contributed by atoms with van der Waals surface area (Å²) in [5.74, 6) is 0. The number of hydrogen-bond donors (Lipinski definition) is 1. The Labute approximate surface area is 211 Å². The molecule has 0 bridgehead atoms. The first-order chi connectivity index (χ1) is 17.6. The lowest BCUT2D eigenvalue weighted by atomic mass is 9.96. The van der Waals surface area contributed by atoms with E-state index in [0.29, 0.717) is 5.69 Å². The largest absolute Gasteiger partial charge is 0.416 e. The Bertz CT molecular complexity index is 1270. The van der Waals surface area contributed by atoms with E-state index in [1.54, 1.807) is 17.0 Å². The van der Waals surface area contributed by atoms with Gasteiger partial charge in [-0.1, -0.05) is 36.4 Å². The number of halogens is 9. The Morgan fingerprint density at radius 2 is 1.32 bits per heavy atom. The topological polar surface area (TPSA) is 26.7 Å². The molecule has 0 radical (unpaired) electrons. The number of alkyl halides is 9. The molecule has 0 aromatic heterocycles. The van der Waals surface area contributed by atoms with Gasteiger partial charge in [-0.15, -0.1) is 0 Å². The molecule has 4 rings (SSSR count). The van der Waals surface area contributed by atoms with Gasteiger partial charge in [0.15, 0.2) is 6.10 Å². The highest BCUT2D eigenvalue weighted by molar-refractivity contribution is 5.75. The summed E-state index contributed by atoms with van der Waals surface area (Å²) in [5.41, 5.74) is -1.04. The van der Waals surface area contributed by atoms with E-state index in [1.807, 2.05) is 0 Å². The van der Waals surface area contributed by atoms with Crippen LogP contribution in [0.3, 0.4) is 0 Å². The SMILES string of the molecule is O[C@H](CN1c2ccccc2N(Cc2cccc(C(F)(F)F)c2)CC1c1cccc(C(F)(F)F)c1)C(F)(F)F. The predicted molar refractivity (Wildman–Crippen MR) is 123 cm³/mol. The van der Waals surface area contributed by atoms with E-state index in [4.69, 9.17) is 0 Å². The molecule has 3 nitrogen and oxygen atoms in total. The van der Waals surface area contributed by atoms with Crippen molar-refractivity contribution in [1.82, 2.24) is 0 Å². The van der Waals surface area contributed by atoms with Gasteiger partial charge in [-0.3, -0.25) is 0 Å². The number of hydrogen-bond acceptors (Lipinski definition) is 3. The van der Waals surface area contributed by atoms with Gasteiger partial charge >= 0.3 is 18.5 Å². The fourth-order valence-corrected chi connectivity index (χ4v) is 4.49. The zero-order chi connectivity index (χ0) is 27.9. The Morgan fingerprint density at radius 3 is 1.92 bits per heavy atom. The number of aliphatic hydroxyl groups is 1. The minimum atomic E-state index is -4.98. The van der Waals surface area contributed by atoms with Crippen molar-refractivity contribution in [2.24, 2.45) is 0 Å².